The Hall–Kier alpha value is -3.33. The van der Waals surface area contributed by atoms with Gasteiger partial charge in [0.05, 0.1) is 11.7 Å². The molecule has 0 amide bonds. The van der Waals surface area contributed by atoms with Crippen molar-refractivity contribution in [1.29, 1.82) is 0 Å². The van der Waals surface area contributed by atoms with Crippen molar-refractivity contribution in [2.24, 2.45) is 0 Å². The van der Waals surface area contributed by atoms with Crippen LogP contribution < -0.4 is 10.9 Å². The van der Waals surface area contributed by atoms with Gasteiger partial charge in [0.15, 0.2) is 11.4 Å². The average Bonchev–Trinajstić information content (AvgIpc) is 2.74. The first kappa shape index (κ1) is 21.9. The number of halogens is 2. The van der Waals surface area contributed by atoms with Gasteiger partial charge in [-0.15, -0.1) is 0 Å². The molecule has 4 aromatic rings. The van der Waals surface area contributed by atoms with Gasteiger partial charge in [-0.05, 0) is 50.2 Å². The summed E-state index contributed by atoms with van der Waals surface area (Å²) in [4.78, 5) is 22.2. The average molecular weight is 455 g/mol. The zero-order valence-corrected chi connectivity index (χ0v) is 18.0. The number of pyridine rings is 1. The van der Waals surface area contributed by atoms with E-state index in [2.05, 4.69) is 15.3 Å². The van der Waals surface area contributed by atoms with Crippen LogP contribution in [-0.4, -0.2) is 36.6 Å². The minimum Gasteiger partial charge on any atom is -0.364 e. The van der Waals surface area contributed by atoms with Crippen molar-refractivity contribution >= 4 is 28.6 Å². The first-order valence-electron chi connectivity index (χ1n) is 9.80. The van der Waals surface area contributed by atoms with E-state index in [0.717, 1.165) is 0 Å². The Kier molecular flexibility index (Phi) is 5.68. The predicted molar refractivity (Wildman–Crippen MR) is 121 cm³/mol. The second-order valence-electron chi connectivity index (χ2n) is 7.59. The molecule has 9 heteroatoms. The van der Waals surface area contributed by atoms with E-state index in [4.69, 9.17) is 11.6 Å². The maximum Gasteiger partial charge on any atom is 0.264 e. The lowest BCUT2D eigenvalue weighted by Crippen LogP contribution is -2.42. The van der Waals surface area contributed by atoms with E-state index in [1.165, 1.54) is 42.0 Å². The Morgan fingerprint density at radius 1 is 1.12 bits per heavy atom. The van der Waals surface area contributed by atoms with Crippen LogP contribution in [0.3, 0.4) is 0 Å². The second kappa shape index (κ2) is 8.31. The summed E-state index contributed by atoms with van der Waals surface area (Å²) in [6, 6.07) is 13.3. The molecule has 7 nitrogen and oxygen atoms in total. The molecule has 3 N–H and O–H groups in total. The summed E-state index contributed by atoms with van der Waals surface area (Å²) >= 11 is 6.34. The molecule has 0 aliphatic rings. The van der Waals surface area contributed by atoms with Crippen LogP contribution >= 0.6 is 11.6 Å². The van der Waals surface area contributed by atoms with Crippen molar-refractivity contribution < 1.29 is 14.6 Å². The number of aliphatic hydroxyl groups is 2. The Bertz CT molecular complexity index is 1350. The third kappa shape index (κ3) is 4.20. The van der Waals surface area contributed by atoms with Crippen molar-refractivity contribution in [3.05, 3.63) is 82.0 Å². The van der Waals surface area contributed by atoms with Crippen LogP contribution in [0.2, 0.25) is 5.02 Å². The molecule has 2 heterocycles. The van der Waals surface area contributed by atoms with Gasteiger partial charge in [0.2, 0.25) is 5.95 Å². The molecule has 164 valence electrons. The second-order valence-corrected chi connectivity index (χ2v) is 7.99. The zero-order valence-electron chi connectivity index (χ0n) is 17.3. The predicted octanol–water partition coefficient (Wildman–Crippen LogP) is 3.74. The summed E-state index contributed by atoms with van der Waals surface area (Å²) in [5.74, 6) is -2.35. The summed E-state index contributed by atoms with van der Waals surface area (Å²) in [5, 5.41) is 23.3. The molecule has 0 spiro atoms. The molecule has 0 saturated heterocycles. The summed E-state index contributed by atoms with van der Waals surface area (Å²) in [5.41, 5.74) is 1.15. The maximum atomic E-state index is 13.6. The number of fused-ring (bicyclic) bond motifs is 1. The molecule has 2 aromatic carbocycles. The Labute approximate surface area is 187 Å². The maximum absolute atomic E-state index is 13.6. The van der Waals surface area contributed by atoms with E-state index in [-0.39, 0.29) is 11.6 Å². The molecule has 1 atom stereocenters. The van der Waals surface area contributed by atoms with Crippen LogP contribution in [0.5, 0.6) is 0 Å². The molecule has 32 heavy (non-hydrogen) atoms. The van der Waals surface area contributed by atoms with Crippen LogP contribution in [-0.2, 0) is 0 Å². The summed E-state index contributed by atoms with van der Waals surface area (Å²) < 4.78 is 14.9. The van der Waals surface area contributed by atoms with Gasteiger partial charge in [0, 0.05) is 27.7 Å². The smallest absolute Gasteiger partial charge is 0.264 e. The molecule has 0 fully saturated rings. The number of nitrogens with zero attached hydrogens (tertiary/aromatic N) is 3. The standard InChI is InChI=1S/C23H20ClFN4O3/c1-13(23(2,31)32)27-22-26-12-14-11-18(17-5-3-4-6-19(17)24)21(30)29(20(14)28-22)16-9-7-15(25)8-10-16/h3-13,31-32H,1-2H3,(H,26,27,28)/t13-/m1/s1. The molecule has 0 unspecified atom stereocenters. The number of hydrogen-bond donors (Lipinski definition) is 3. The first-order valence-corrected chi connectivity index (χ1v) is 10.2. The van der Waals surface area contributed by atoms with Gasteiger partial charge in [-0.2, -0.15) is 4.98 Å². The van der Waals surface area contributed by atoms with Crippen molar-refractivity contribution in [3.63, 3.8) is 0 Å². The lowest BCUT2D eigenvalue weighted by Gasteiger charge is -2.25. The Balaban J connectivity index is 1.98. The van der Waals surface area contributed by atoms with E-state index < -0.39 is 23.2 Å². The summed E-state index contributed by atoms with van der Waals surface area (Å²) in [6.07, 6.45) is 1.52. The van der Waals surface area contributed by atoms with Gasteiger partial charge in [-0.25, -0.2) is 9.37 Å². The van der Waals surface area contributed by atoms with Crippen LogP contribution in [0.15, 0.2) is 65.6 Å². The molecule has 0 radical (unpaired) electrons. The summed E-state index contributed by atoms with van der Waals surface area (Å²) in [7, 11) is 0. The van der Waals surface area contributed by atoms with Crippen molar-refractivity contribution in [1.82, 2.24) is 14.5 Å². The largest absolute Gasteiger partial charge is 0.364 e. The third-order valence-electron chi connectivity index (χ3n) is 5.16. The quantitative estimate of drug-likeness (QED) is 0.397. The van der Waals surface area contributed by atoms with E-state index in [9.17, 15) is 19.4 Å². The fraction of sp³-hybridized carbons (Fsp3) is 0.174. The first-order chi connectivity index (χ1) is 15.1. The highest BCUT2D eigenvalue weighted by molar-refractivity contribution is 6.33. The number of benzene rings is 2. The highest BCUT2D eigenvalue weighted by atomic mass is 35.5. The number of anilines is 1. The number of nitrogens with one attached hydrogen (secondary N) is 1. The van der Waals surface area contributed by atoms with Crippen molar-refractivity contribution in [2.45, 2.75) is 25.7 Å². The molecule has 0 bridgehead atoms. The highest BCUT2D eigenvalue weighted by Crippen LogP contribution is 2.28. The van der Waals surface area contributed by atoms with Crippen LogP contribution in [0, 0.1) is 5.82 Å². The molecule has 4 rings (SSSR count). The van der Waals surface area contributed by atoms with Crippen LogP contribution in [0.25, 0.3) is 27.8 Å². The van der Waals surface area contributed by atoms with E-state index in [0.29, 0.717) is 27.2 Å². The van der Waals surface area contributed by atoms with Crippen molar-refractivity contribution in [3.8, 4) is 16.8 Å². The third-order valence-corrected chi connectivity index (χ3v) is 5.49. The van der Waals surface area contributed by atoms with E-state index in [1.807, 2.05) is 0 Å². The zero-order chi connectivity index (χ0) is 23.0. The topological polar surface area (TPSA) is 100 Å². The van der Waals surface area contributed by atoms with E-state index in [1.54, 1.807) is 37.3 Å². The van der Waals surface area contributed by atoms with Gasteiger partial charge in [-0.1, -0.05) is 29.8 Å². The number of rotatable bonds is 5. The van der Waals surface area contributed by atoms with Gasteiger partial charge < -0.3 is 15.5 Å². The van der Waals surface area contributed by atoms with Crippen LogP contribution in [0.4, 0.5) is 10.3 Å². The van der Waals surface area contributed by atoms with Gasteiger partial charge in [0.25, 0.3) is 5.56 Å². The monoisotopic (exact) mass is 454 g/mol. The SMILES string of the molecule is C[C@@H](Nc1ncc2cc(-c3ccccc3Cl)c(=O)n(-c3ccc(F)cc3)c2n1)C(C)(O)O. The molecule has 2 aromatic heterocycles. The lowest BCUT2D eigenvalue weighted by molar-refractivity contribution is -0.152. The molecular weight excluding hydrogens is 435 g/mol. The highest BCUT2D eigenvalue weighted by Gasteiger charge is 2.25. The Morgan fingerprint density at radius 3 is 2.47 bits per heavy atom. The van der Waals surface area contributed by atoms with Crippen LogP contribution in [0.1, 0.15) is 13.8 Å². The molecule has 0 aliphatic carbocycles. The fourth-order valence-electron chi connectivity index (χ4n) is 3.20. The van der Waals surface area contributed by atoms with E-state index >= 15 is 0 Å². The number of aromatic nitrogens is 3. The minimum absolute atomic E-state index is 0.0973. The summed E-state index contributed by atoms with van der Waals surface area (Å²) in [6.45, 7) is 2.79. The molecular formula is C23H20ClFN4O3. The Morgan fingerprint density at radius 2 is 1.81 bits per heavy atom. The lowest BCUT2D eigenvalue weighted by atomic mass is 10.1. The minimum atomic E-state index is -2.01. The van der Waals surface area contributed by atoms with Gasteiger partial charge in [0.1, 0.15) is 5.82 Å². The normalized spacial score (nSPS) is 12.7. The number of hydrogen-bond acceptors (Lipinski definition) is 6. The molecule has 0 saturated carbocycles. The van der Waals surface area contributed by atoms with Gasteiger partial charge in [-0.3, -0.25) is 9.36 Å². The van der Waals surface area contributed by atoms with Gasteiger partial charge >= 0.3 is 0 Å². The van der Waals surface area contributed by atoms with Crippen molar-refractivity contribution in [2.75, 3.05) is 5.32 Å². The molecule has 0 aliphatic heterocycles. The fourth-order valence-corrected chi connectivity index (χ4v) is 3.44.